The minimum Gasteiger partial charge on any atom is -0.478 e. The summed E-state index contributed by atoms with van der Waals surface area (Å²) < 4.78 is 0. The molecule has 2 fully saturated rings. The lowest BCUT2D eigenvalue weighted by molar-refractivity contribution is -0.143. The lowest BCUT2D eigenvalue weighted by atomic mass is 10.0. The summed E-state index contributed by atoms with van der Waals surface area (Å²) in [6.45, 7) is 4.11. The molecule has 5 nitrogen and oxygen atoms in total. The summed E-state index contributed by atoms with van der Waals surface area (Å²) in [5.74, 6) is -1.55. The molecular formula is C15H15NO4. The Labute approximate surface area is 116 Å². The van der Waals surface area contributed by atoms with E-state index in [0.717, 1.165) is 5.56 Å². The molecule has 1 heterocycles. The highest BCUT2D eigenvalue weighted by Crippen LogP contribution is 2.63. The first-order chi connectivity index (χ1) is 9.34. The number of carboxylic acid groups (broad SMARTS) is 1. The summed E-state index contributed by atoms with van der Waals surface area (Å²) in [6, 6.07) is 6.24. The zero-order valence-corrected chi connectivity index (χ0v) is 11.3. The molecule has 104 valence electrons. The van der Waals surface area contributed by atoms with Gasteiger partial charge in [0, 0.05) is 0 Å². The monoisotopic (exact) mass is 273 g/mol. The zero-order chi connectivity index (χ0) is 14.7. The van der Waals surface area contributed by atoms with E-state index in [0.29, 0.717) is 0 Å². The Morgan fingerprint density at radius 2 is 1.65 bits per heavy atom. The maximum atomic E-state index is 12.2. The summed E-state index contributed by atoms with van der Waals surface area (Å²) in [5.41, 5.74) is 0.755. The topological polar surface area (TPSA) is 74.7 Å². The molecule has 1 N–H and O–H groups in total. The van der Waals surface area contributed by atoms with E-state index in [1.165, 1.54) is 17.0 Å². The van der Waals surface area contributed by atoms with E-state index in [1.54, 1.807) is 12.1 Å². The molecule has 1 aliphatic carbocycles. The molecule has 0 spiro atoms. The maximum Gasteiger partial charge on any atom is 0.335 e. The molecule has 2 aliphatic rings. The molecule has 1 saturated carbocycles. The highest BCUT2D eigenvalue weighted by Gasteiger charge is 2.72. The second-order valence-corrected chi connectivity index (χ2v) is 6.04. The van der Waals surface area contributed by atoms with Crippen LogP contribution in [0.4, 0.5) is 0 Å². The van der Waals surface area contributed by atoms with E-state index >= 15 is 0 Å². The van der Waals surface area contributed by atoms with Crippen molar-refractivity contribution in [2.75, 3.05) is 0 Å². The van der Waals surface area contributed by atoms with Gasteiger partial charge in [0.05, 0.1) is 23.9 Å². The number of rotatable bonds is 3. The number of imide groups is 1. The van der Waals surface area contributed by atoms with E-state index in [2.05, 4.69) is 0 Å². The first kappa shape index (κ1) is 12.8. The van der Waals surface area contributed by atoms with Crippen molar-refractivity contribution in [2.45, 2.75) is 20.4 Å². The predicted molar refractivity (Wildman–Crippen MR) is 69.7 cm³/mol. The Morgan fingerprint density at radius 3 is 2.10 bits per heavy atom. The Balaban J connectivity index is 1.75. The van der Waals surface area contributed by atoms with Crippen molar-refractivity contribution in [1.29, 1.82) is 0 Å². The minimum absolute atomic E-state index is 0.104. The van der Waals surface area contributed by atoms with Gasteiger partial charge in [-0.05, 0) is 23.1 Å². The quantitative estimate of drug-likeness (QED) is 0.847. The van der Waals surface area contributed by atoms with Gasteiger partial charge in [-0.1, -0.05) is 26.0 Å². The van der Waals surface area contributed by atoms with E-state index in [4.69, 9.17) is 5.11 Å². The van der Waals surface area contributed by atoms with Crippen molar-refractivity contribution in [3.05, 3.63) is 35.4 Å². The number of hydrogen-bond donors (Lipinski definition) is 1. The van der Waals surface area contributed by atoms with Crippen LogP contribution in [0.3, 0.4) is 0 Å². The van der Waals surface area contributed by atoms with E-state index in [9.17, 15) is 14.4 Å². The van der Waals surface area contributed by atoms with Crippen LogP contribution in [0.25, 0.3) is 0 Å². The highest BCUT2D eigenvalue weighted by atomic mass is 16.4. The highest BCUT2D eigenvalue weighted by molar-refractivity contribution is 6.10. The molecule has 1 saturated heterocycles. The SMILES string of the molecule is CC1(C)C2C(=O)N(Cc3ccc(C(=O)O)cc3)C(=O)C21. The predicted octanol–water partition coefficient (Wildman–Crippen LogP) is 1.53. The summed E-state index contributed by atoms with van der Waals surface area (Å²) in [4.78, 5) is 36.4. The van der Waals surface area contributed by atoms with E-state index in [-0.39, 0.29) is 41.2 Å². The molecule has 20 heavy (non-hydrogen) atoms. The average molecular weight is 273 g/mol. The van der Waals surface area contributed by atoms with Crippen LogP contribution in [0, 0.1) is 17.3 Å². The van der Waals surface area contributed by atoms with Gasteiger partial charge in [0.25, 0.3) is 0 Å². The number of carbonyl (C=O) groups is 3. The fraction of sp³-hybridized carbons (Fsp3) is 0.400. The van der Waals surface area contributed by atoms with Gasteiger partial charge in [0.1, 0.15) is 0 Å². The van der Waals surface area contributed by atoms with Crippen molar-refractivity contribution in [3.8, 4) is 0 Å². The Bertz CT molecular complexity index is 593. The molecule has 0 bridgehead atoms. The van der Waals surface area contributed by atoms with Gasteiger partial charge in [-0.3, -0.25) is 14.5 Å². The summed E-state index contributed by atoms with van der Waals surface area (Å²) >= 11 is 0. The number of likely N-dealkylation sites (tertiary alicyclic amines) is 1. The lowest BCUT2D eigenvalue weighted by Gasteiger charge is -2.20. The number of piperidine rings is 1. The zero-order valence-electron chi connectivity index (χ0n) is 11.3. The van der Waals surface area contributed by atoms with Crippen LogP contribution < -0.4 is 0 Å². The molecule has 0 radical (unpaired) electrons. The van der Waals surface area contributed by atoms with Gasteiger partial charge >= 0.3 is 5.97 Å². The summed E-state index contributed by atoms with van der Waals surface area (Å²) in [6.07, 6.45) is 0. The van der Waals surface area contributed by atoms with Crippen LogP contribution >= 0.6 is 0 Å². The smallest absolute Gasteiger partial charge is 0.335 e. The second kappa shape index (κ2) is 3.91. The van der Waals surface area contributed by atoms with Crippen molar-refractivity contribution < 1.29 is 19.5 Å². The number of nitrogens with zero attached hydrogens (tertiary/aromatic N) is 1. The van der Waals surface area contributed by atoms with Crippen LogP contribution in [0.5, 0.6) is 0 Å². The fourth-order valence-electron chi connectivity index (χ4n) is 3.10. The number of fused-ring (bicyclic) bond motifs is 1. The molecule has 1 aromatic rings. The fourth-order valence-corrected chi connectivity index (χ4v) is 3.10. The third-order valence-electron chi connectivity index (χ3n) is 4.43. The minimum atomic E-state index is -0.993. The summed E-state index contributed by atoms with van der Waals surface area (Å²) in [5, 5.41) is 8.82. The van der Waals surface area contributed by atoms with Gasteiger partial charge in [0.2, 0.25) is 11.8 Å². The Morgan fingerprint density at radius 1 is 1.15 bits per heavy atom. The maximum absolute atomic E-state index is 12.2. The standard InChI is InChI=1S/C15H15NO4/c1-15(2)10-11(15)13(18)16(12(10)17)7-8-3-5-9(6-4-8)14(19)20/h3-6,10-11H,7H2,1-2H3,(H,19,20). The van der Waals surface area contributed by atoms with Gasteiger partial charge in [-0.15, -0.1) is 0 Å². The van der Waals surface area contributed by atoms with E-state index in [1.807, 2.05) is 13.8 Å². The first-order valence-corrected chi connectivity index (χ1v) is 6.51. The van der Waals surface area contributed by atoms with Crippen molar-refractivity contribution >= 4 is 17.8 Å². The van der Waals surface area contributed by atoms with Crippen LogP contribution in [-0.4, -0.2) is 27.8 Å². The molecular weight excluding hydrogens is 258 g/mol. The van der Waals surface area contributed by atoms with E-state index < -0.39 is 5.97 Å². The number of amides is 2. The van der Waals surface area contributed by atoms with Crippen molar-refractivity contribution in [2.24, 2.45) is 17.3 Å². The molecule has 2 amide bonds. The number of aromatic carboxylic acids is 1. The van der Waals surface area contributed by atoms with Gasteiger partial charge < -0.3 is 5.11 Å². The number of carboxylic acids is 1. The molecule has 1 aliphatic heterocycles. The van der Waals surface area contributed by atoms with Crippen LogP contribution in [0.1, 0.15) is 29.8 Å². The van der Waals surface area contributed by atoms with Gasteiger partial charge in [-0.25, -0.2) is 4.79 Å². The Kier molecular flexibility index (Phi) is 2.51. The molecule has 1 aromatic carbocycles. The normalized spacial score (nSPS) is 26.6. The third kappa shape index (κ3) is 1.66. The van der Waals surface area contributed by atoms with Crippen molar-refractivity contribution in [1.82, 2.24) is 4.90 Å². The van der Waals surface area contributed by atoms with Crippen LogP contribution in [-0.2, 0) is 16.1 Å². The number of benzene rings is 1. The summed E-state index contributed by atoms with van der Waals surface area (Å²) in [7, 11) is 0. The third-order valence-corrected chi connectivity index (χ3v) is 4.43. The second-order valence-electron chi connectivity index (χ2n) is 6.04. The largest absolute Gasteiger partial charge is 0.478 e. The average Bonchev–Trinajstić information content (AvgIpc) is 2.87. The lowest BCUT2D eigenvalue weighted by Crippen LogP contribution is -2.35. The van der Waals surface area contributed by atoms with Crippen LogP contribution in [0.2, 0.25) is 0 Å². The molecule has 0 aromatic heterocycles. The Hall–Kier alpha value is -2.17. The van der Waals surface area contributed by atoms with Gasteiger partial charge in [0.15, 0.2) is 0 Å². The molecule has 5 heteroatoms. The van der Waals surface area contributed by atoms with Crippen molar-refractivity contribution in [3.63, 3.8) is 0 Å². The molecule has 3 rings (SSSR count). The molecule has 2 atom stereocenters. The first-order valence-electron chi connectivity index (χ1n) is 6.51. The molecule has 2 unspecified atom stereocenters. The van der Waals surface area contributed by atoms with Gasteiger partial charge in [-0.2, -0.15) is 0 Å². The van der Waals surface area contributed by atoms with Crippen LogP contribution in [0.15, 0.2) is 24.3 Å². The number of carbonyl (C=O) groups excluding carboxylic acids is 2. The number of hydrogen-bond acceptors (Lipinski definition) is 3.